The molecule has 0 radical (unpaired) electrons. The lowest BCUT2D eigenvalue weighted by atomic mass is 10.2. The van der Waals surface area contributed by atoms with Crippen LogP contribution in [0.3, 0.4) is 0 Å². The van der Waals surface area contributed by atoms with Gasteiger partial charge in [0.1, 0.15) is 0 Å². The average molecular weight is 279 g/mol. The van der Waals surface area contributed by atoms with Crippen LogP contribution in [0.4, 0.5) is 0 Å². The third-order valence-corrected chi connectivity index (χ3v) is 4.46. The second-order valence-electron chi connectivity index (χ2n) is 4.73. The van der Waals surface area contributed by atoms with E-state index in [0.29, 0.717) is 10.9 Å². The van der Waals surface area contributed by atoms with Crippen LogP contribution in [0, 0.1) is 0 Å². The summed E-state index contributed by atoms with van der Waals surface area (Å²) in [5.41, 5.74) is 0. The molecule has 1 aliphatic rings. The molecule has 2 rings (SSSR count). The summed E-state index contributed by atoms with van der Waals surface area (Å²) in [6.07, 6.45) is 7.15. The van der Waals surface area contributed by atoms with Crippen molar-refractivity contribution in [1.29, 1.82) is 0 Å². The van der Waals surface area contributed by atoms with Gasteiger partial charge in [0.15, 0.2) is 0 Å². The van der Waals surface area contributed by atoms with Crippen LogP contribution < -0.4 is 0 Å². The summed E-state index contributed by atoms with van der Waals surface area (Å²) >= 11 is 1.33. The number of hydrogen-bond donors (Lipinski definition) is 1. The highest BCUT2D eigenvalue weighted by Gasteiger charge is 2.24. The molecule has 5 heteroatoms. The fraction of sp³-hybridized carbons (Fsp3) is 0.429. The number of nitrogens with zero attached hydrogens (tertiary/aromatic N) is 1. The molecule has 0 aliphatic heterocycles. The van der Waals surface area contributed by atoms with Gasteiger partial charge >= 0.3 is 5.97 Å². The number of aliphatic carboxylic acids is 1. The van der Waals surface area contributed by atoms with Gasteiger partial charge in [0, 0.05) is 24.0 Å². The van der Waals surface area contributed by atoms with Gasteiger partial charge in [0.05, 0.1) is 4.88 Å². The van der Waals surface area contributed by atoms with Crippen LogP contribution in [0.1, 0.15) is 40.2 Å². The second kappa shape index (κ2) is 6.02. The second-order valence-corrected chi connectivity index (χ2v) is 5.84. The van der Waals surface area contributed by atoms with E-state index in [1.54, 1.807) is 12.1 Å². The van der Waals surface area contributed by atoms with Gasteiger partial charge in [-0.05, 0) is 31.1 Å². The monoisotopic (exact) mass is 279 g/mol. The van der Waals surface area contributed by atoms with Gasteiger partial charge < -0.3 is 10.0 Å². The quantitative estimate of drug-likeness (QED) is 0.862. The van der Waals surface area contributed by atoms with Crippen molar-refractivity contribution in [3.05, 3.63) is 28.0 Å². The molecule has 1 aromatic rings. The Morgan fingerprint density at radius 3 is 2.68 bits per heavy atom. The molecule has 4 nitrogen and oxygen atoms in total. The minimum absolute atomic E-state index is 0.0341. The maximum atomic E-state index is 12.3. The highest BCUT2D eigenvalue weighted by molar-refractivity contribution is 7.14. The lowest BCUT2D eigenvalue weighted by Gasteiger charge is -2.23. The number of carboxylic acids is 1. The standard InChI is InChI=1S/C14H17NO3S/c1-15(10-4-2-3-5-10)14(18)12-8-6-11(19-12)7-9-13(16)17/h6-10H,2-5H2,1H3,(H,16,17). The maximum absolute atomic E-state index is 12.3. The summed E-state index contributed by atoms with van der Waals surface area (Å²) in [6, 6.07) is 3.90. The van der Waals surface area contributed by atoms with Gasteiger partial charge in [-0.25, -0.2) is 4.79 Å². The van der Waals surface area contributed by atoms with E-state index in [4.69, 9.17) is 5.11 Å². The van der Waals surface area contributed by atoms with Gasteiger partial charge in [-0.2, -0.15) is 0 Å². The van der Waals surface area contributed by atoms with Crippen molar-refractivity contribution in [3.8, 4) is 0 Å². The minimum atomic E-state index is -0.982. The number of thiophene rings is 1. The zero-order chi connectivity index (χ0) is 13.8. The first kappa shape index (κ1) is 13.8. The number of carboxylic acid groups (broad SMARTS) is 1. The van der Waals surface area contributed by atoms with Crippen molar-refractivity contribution >= 4 is 29.3 Å². The van der Waals surface area contributed by atoms with Crippen molar-refractivity contribution in [1.82, 2.24) is 4.90 Å². The van der Waals surface area contributed by atoms with Gasteiger partial charge in [-0.1, -0.05) is 12.8 Å². The third kappa shape index (κ3) is 3.44. The van der Waals surface area contributed by atoms with Crippen molar-refractivity contribution in [2.45, 2.75) is 31.7 Å². The van der Waals surface area contributed by atoms with Crippen molar-refractivity contribution < 1.29 is 14.7 Å². The van der Waals surface area contributed by atoms with E-state index >= 15 is 0 Å². The molecule has 102 valence electrons. The van der Waals surface area contributed by atoms with E-state index in [0.717, 1.165) is 23.8 Å². The van der Waals surface area contributed by atoms with E-state index in [9.17, 15) is 9.59 Å². The van der Waals surface area contributed by atoms with E-state index in [-0.39, 0.29) is 5.91 Å². The van der Waals surface area contributed by atoms with Crippen LogP contribution in [0.2, 0.25) is 0 Å². The van der Waals surface area contributed by atoms with Crippen LogP contribution in [0.5, 0.6) is 0 Å². The number of amides is 1. The fourth-order valence-electron chi connectivity index (χ4n) is 2.34. The Labute approximate surface area is 116 Å². The molecule has 1 heterocycles. The minimum Gasteiger partial charge on any atom is -0.478 e. The molecule has 19 heavy (non-hydrogen) atoms. The summed E-state index contributed by atoms with van der Waals surface area (Å²) in [5.74, 6) is -0.948. The van der Waals surface area contributed by atoms with Crippen molar-refractivity contribution in [3.63, 3.8) is 0 Å². The molecule has 1 amide bonds. The first-order valence-corrected chi connectivity index (χ1v) is 7.17. The Morgan fingerprint density at radius 1 is 1.37 bits per heavy atom. The van der Waals surface area contributed by atoms with Gasteiger partial charge in [-0.3, -0.25) is 4.79 Å². The fourth-order valence-corrected chi connectivity index (χ4v) is 3.24. The van der Waals surface area contributed by atoms with Gasteiger partial charge in [0.25, 0.3) is 5.91 Å². The van der Waals surface area contributed by atoms with Crippen LogP contribution in [0.15, 0.2) is 18.2 Å². The lowest BCUT2D eigenvalue weighted by molar-refractivity contribution is -0.131. The number of carbonyl (C=O) groups is 2. The van der Waals surface area contributed by atoms with Crippen molar-refractivity contribution in [2.75, 3.05) is 7.05 Å². The van der Waals surface area contributed by atoms with Crippen molar-refractivity contribution in [2.24, 2.45) is 0 Å². The normalized spacial score (nSPS) is 16.1. The highest BCUT2D eigenvalue weighted by atomic mass is 32.1. The van der Waals surface area contributed by atoms with Gasteiger partial charge in [0.2, 0.25) is 0 Å². The largest absolute Gasteiger partial charge is 0.478 e. The lowest BCUT2D eigenvalue weighted by Crippen LogP contribution is -2.34. The molecule has 0 aromatic carbocycles. The van der Waals surface area contributed by atoms with E-state index < -0.39 is 5.97 Å². The van der Waals surface area contributed by atoms with Crippen LogP contribution in [0.25, 0.3) is 6.08 Å². The Morgan fingerprint density at radius 2 is 2.05 bits per heavy atom. The molecular formula is C14H17NO3S. The SMILES string of the molecule is CN(C(=O)c1ccc(C=CC(=O)O)s1)C1CCCC1. The molecule has 1 saturated carbocycles. The molecule has 0 spiro atoms. The predicted molar refractivity (Wildman–Crippen MR) is 75.3 cm³/mol. The van der Waals surface area contributed by atoms with E-state index in [2.05, 4.69) is 0 Å². The number of rotatable bonds is 4. The van der Waals surface area contributed by atoms with Gasteiger partial charge in [-0.15, -0.1) is 11.3 Å². The smallest absolute Gasteiger partial charge is 0.328 e. The summed E-state index contributed by atoms with van der Waals surface area (Å²) in [4.78, 5) is 26.0. The maximum Gasteiger partial charge on any atom is 0.328 e. The molecule has 0 saturated heterocycles. The molecule has 1 N–H and O–H groups in total. The van der Waals surface area contributed by atoms with Crippen LogP contribution in [-0.4, -0.2) is 35.0 Å². The first-order valence-electron chi connectivity index (χ1n) is 6.36. The van der Waals surface area contributed by atoms with Crippen LogP contribution >= 0.6 is 11.3 Å². The molecule has 0 bridgehead atoms. The van der Waals surface area contributed by atoms with E-state index in [1.807, 2.05) is 11.9 Å². The third-order valence-electron chi connectivity index (χ3n) is 3.42. The predicted octanol–water partition coefficient (Wildman–Crippen LogP) is 2.86. The first-order chi connectivity index (χ1) is 9.08. The summed E-state index contributed by atoms with van der Waals surface area (Å²) in [6.45, 7) is 0. The molecule has 0 atom stereocenters. The highest BCUT2D eigenvalue weighted by Crippen LogP contribution is 2.26. The Bertz CT molecular complexity index is 501. The zero-order valence-electron chi connectivity index (χ0n) is 10.8. The topological polar surface area (TPSA) is 57.6 Å². The summed E-state index contributed by atoms with van der Waals surface area (Å²) in [5, 5.41) is 8.57. The average Bonchev–Trinajstić information content (AvgIpc) is 3.05. The molecule has 1 aliphatic carbocycles. The Hall–Kier alpha value is -1.62. The molecule has 1 fully saturated rings. The summed E-state index contributed by atoms with van der Waals surface area (Å²) < 4.78 is 0. The molecule has 0 unspecified atom stereocenters. The Kier molecular flexibility index (Phi) is 4.37. The number of carbonyl (C=O) groups excluding carboxylic acids is 1. The molecular weight excluding hydrogens is 262 g/mol. The number of hydrogen-bond acceptors (Lipinski definition) is 3. The Balaban J connectivity index is 2.05. The summed E-state index contributed by atoms with van der Waals surface area (Å²) in [7, 11) is 1.85. The van der Waals surface area contributed by atoms with E-state index in [1.165, 1.54) is 30.3 Å². The van der Waals surface area contributed by atoms with Crippen LogP contribution in [-0.2, 0) is 4.79 Å². The zero-order valence-corrected chi connectivity index (χ0v) is 11.7. The molecule has 1 aromatic heterocycles.